The predicted octanol–water partition coefficient (Wildman–Crippen LogP) is 1.19. The van der Waals surface area contributed by atoms with Crippen LogP contribution in [0.2, 0.25) is 0 Å². The van der Waals surface area contributed by atoms with Gasteiger partial charge in [-0.15, -0.1) is 0 Å². The maximum atomic E-state index is 11.6. The average molecular weight is 204 g/mol. The van der Waals surface area contributed by atoms with Crippen LogP contribution >= 0.6 is 0 Å². The van der Waals surface area contributed by atoms with Crippen molar-refractivity contribution in [3.8, 4) is 0 Å². The molecule has 1 aromatic carbocycles. The third kappa shape index (κ3) is 2.56. The first-order valence-electron chi connectivity index (χ1n) is 4.90. The highest BCUT2D eigenvalue weighted by atomic mass is 16.5. The van der Waals surface area contributed by atoms with Gasteiger partial charge in [-0.25, -0.2) is 4.99 Å². The van der Waals surface area contributed by atoms with Crippen molar-refractivity contribution in [2.24, 2.45) is 4.99 Å². The number of ether oxygens (including phenoxy) is 1. The van der Waals surface area contributed by atoms with E-state index in [2.05, 4.69) is 10.3 Å². The number of carbonyl (C=O) groups excluding carboxylic acids is 1. The molecule has 0 aliphatic carbocycles. The Labute approximate surface area is 88.0 Å². The van der Waals surface area contributed by atoms with E-state index in [0.717, 1.165) is 6.42 Å². The molecular weight excluding hydrogens is 192 g/mol. The van der Waals surface area contributed by atoms with Crippen molar-refractivity contribution in [2.75, 3.05) is 13.2 Å². The van der Waals surface area contributed by atoms with Gasteiger partial charge in [0, 0.05) is 18.5 Å². The van der Waals surface area contributed by atoms with Gasteiger partial charge in [0.15, 0.2) is 0 Å². The van der Waals surface area contributed by atoms with Crippen LogP contribution in [0.5, 0.6) is 0 Å². The van der Waals surface area contributed by atoms with Gasteiger partial charge in [0.2, 0.25) is 0 Å². The van der Waals surface area contributed by atoms with Gasteiger partial charge in [-0.2, -0.15) is 0 Å². The summed E-state index contributed by atoms with van der Waals surface area (Å²) in [6.45, 7) is 1.33. The summed E-state index contributed by atoms with van der Waals surface area (Å²) in [5.74, 6) is -0.184. The third-order valence-corrected chi connectivity index (χ3v) is 2.05. The molecule has 1 aliphatic heterocycles. The largest absolute Gasteiger partial charge is 0.465 e. The van der Waals surface area contributed by atoms with Crippen LogP contribution < -0.4 is 5.32 Å². The summed E-state index contributed by atoms with van der Waals surface area (Å²) in [5.41, 5.74) is 0.606. The van der Waals surface area contributed by atoms with Gasteiger partial charge in [-0.05, 0) is 12.1 Å². The molecule has 2 rings (SSSR count). The first-order valence-corrected chi connectivity index (χ1v) is 4.90. The lowest BCUT2D eigenvalue weighted by Gasteiger charge is -2.13. The molecule has 0 saturated heterocycles. The lowest BCUT2D eigenvalue weighted by atomic mass is 10.2. The fourth-order valence-corrected chi connectivity index (χ4v) is 1.29. The summed E-state index contributed by atoms with van der Waals surface area (Å²) >= 11 is 0. The van der Waals surface area contributed by atoms with E-state index in [4.69, 9.17) is 4.74 Å². The molecule has 0 radical (unpaired) electrons. The highest BCUT2D eigenvalue weighted by Gasteiger charge is 2.11. The van der Waals surface area contributed by atoms with Crippen LogP contribution in [-0.4, -0.2) is 25.1 Å². The Kier molecular flexibility index (Phi) is 2.97. The fourth-order valence-electron chi connectivity index (χ4n) is 1.29. The van der Waals surface area contributed by atoms with Crippen LogP contribution in [-0.2, 0) is 4.74 Å². The van der Waals surface area contributed by atoms with Gasteiger partial charge in [-0.3, -0.25) is 10.1 Å². The van der Waals surface area contributed by atoms with Crippen molar-refractivity contribution in [2.45, 2.75) is 6.42 Å². The minimum atomic E-state index is -0.184. The van der Waals surface area contributed by atoms with E-state index >= 15 is 0 Å². The van der Waals surface area contributed by atoms with E-state index in [1.807, 2.05) is 18.2 Å². The van der Waals surface area contributed by atoms with E-state index < -0.39 is 0 Å². The molecule has 1 amide bonds. The smallest absolute Gasteiger partial charge is 0.291 e. The molecule has 4 nitrogen and oxygen atoms in total. The molecule has 0 aromatic heterocycles. The molecule has 15 heavy (non-hydrogen) atoms. The molecule has 0 atom stereocenters. The molecule has 0 spiro atoms. The number of amidine groups is 1. The summed E-state index contributed by atoms with van der Waals surface area (Å²) in [6, 6.07) is 9.33. The van der Waals surface area contributed by atoms with Crippen molar-refractivity contribution in [3.63, 3.8) is 0 Å². The Morgan fingerprint density at radius 3 is 2.80 bits per heavy atom. The first-order chi connectivity index (χ1) is 7.36. The zero-order valence-corrected chi connectivity index (χ0v) is 8.27. The summed E-state index contributed by atoms with van der Waals surface area (Å²) in [5, 5.41) is 2.62. The SMILES string of the molecule is O=C(NC1=NCCCO1)c1ccccc1. The number of nitrogens with zero attached hydrogens (tertiary/aromatic N) is 1. The first kappa shape index (κ1) is 9.71. The standard InChI is InChI=1S/C11H12N2O2/c14-10(9-5-2-1-3-6-9)13-11-12-7-4-8-15-11/h1-3,5-6H,4,7-8H2,(H,12,13,14). The molecule has 4 heteroatoms. The molecule has 0 unspecified atom stereocenters. The molecule has 78 valence electrons. The number of hydrogen-bond acceptors (Lipinski definition) is 3. The molecule has 1 aromatic rings. The maximum Gasteiger partial charge on any atom is 0.291 e. The van der Waals surface area contributed by atoms with Crippen molar-refractivity contribution in [1.82, 2.24) is 5.32 Å². The van der Waals surface area contributed by atoms with Crippen molar-refractivity contribution in [3.05, 3.63) is 35.9 Å². The van der Waals surface area contributed by atoms with Crippen molar-refractivity contribution < 1.29 is 9.53 Å². The highest BCUT2D eigenvalue weighted by Crippen LogP contribution is 2.00. The summed E-state index contributed by atoms with van der Waals surface area (Å²) < 4.78 is 5.19. The molecule has 0 saturated carbocycles. The van der Waals surface area contributed by atoms with E-state index in [-0.39, 0.29) is 5.91 Å². The molecule has 1 heterocycles. The molecule has 1 aliphatic rings. The van der Waals surface area contributed by atoms with Crippen LogP contribution in [0.25, 0.3) is 0 Å². The van der Waals surface area contributed by atoms with Gasteiger partial charge < -0.3 is 4.74 Å². The van der Waals surface area contributed by atoms with Gasteiger partial charge in [-0.1, -0.05) is 18.2 Å². The van der Waals surface area contributed by atoms with Crippen molar-refractivity contribution >= 4 is 11.9 Å². The van der Waals surface area contributed by atoms with Crippen LogP contribution in [0.15, 0.2) is 35.3 Å². The number of amides is 1. The van der Waals surface area contributed by atoms with E-state index in [9.17, 15) is 4.79 Å². The number of carbonyl (C=O) groups is 1. The van der Waals surface area contributed by atoms with Crippen LogP contribution in [0.3, 0.4) is 0 Å². The average Bonchev–Trinajstić information content (AvgIpc) is 2.31. The molecule has 0 fully saturated rings. The minimum Gasteiger partial charge on any atom is -0.465 e. The quantitative estimate of drug-likeness (QED) is 0.747. The Balaban J connectivity index is 2.01. The normalized spacial score (nSPS) is 15.1. The summed E-state index contributed by atoms with van der Waals surface area (Å²) in [4.78, 5) is 15.7. The Morgan fingerprint density at radius 2 is 2.13 bits per heavy atom. The zero-order chi connectivity index (χ0) is 10.5. The molecule has 1 N–H and O–H groups in total. The van der Waals surface area contributed by atoms with E-state index in [0.29, 0.717) is 24.7 Å². The minimum absolute atomic E-state index is 0.184. The number of nitrogens with one attached hydrogen (secondary N) is 1. The number of hydrogen-bond donors (Lipinski definition) is 1. The Hall–Kier alpha value is -1.84. The monoisotopic (exact) mass is 204 g/mol. The van der Waals surface area contributed by atoms with Crippen LogP contribution in [0.4, 0.5) is 0 Å². The second-order valence-electron chi connectivity index (χ2n) is 3.21. The fraction of sp³-hybridized carbons (Fsp3) is 0.273. The second-order valence-corrected chi connectivity index (χ2v) is 3.21. The maximum absolute atomic E-state index is 11.6. The zero-order valence-electron chi connectivity index (χ0n) is 8.27. The Bertz CT molecular complexity index is 373. The summed E-state index contributed by atoms with van der Waals surface area (Å²) in [6.07, 6.45) is 0.907. The van der Waals surface area contributed by atoms with Crippen LogP contribution in [0.1, 0.15) is 16.8 Å². The van der Waals surface area contributed by atoms with Crippen molar-refractivity contribution in [1.29, 1.82) is 0 Å². The van der Waals surface area contributed by atoms with E-state index in [1.54, 1.807) is 12.1 Å². The highest BCUT2D eigenvalue weighted by molar-refractivity contribution is 6.04. The third-order valence-electron chi connectivity index (χ3n) is 2.05. The second kappa shape index (κ2) is 4.59. The topological polar surface area (TPSA) is 50.7 Å². The molecule has 0 bridgehead atoms. The molecular formula is C11H12N2O2. The van der Waals surface area contributed by atoms with Crippen LogP contribution in [0, 0.1) is 0 Å². The number of benzene rings is 1. The summed E-state index contributed by atoms with van der Waals surface area (Å²) in [7, 11) is 0. The van der Waals surface area contributed by atoms with Gasteiger partial charge in [0.05, 0.1) is 6.61 Å². The predicted molar refractivity (Wildman–Crippen MR) is 56.8 cm³/mol. The van der Waals surface area contributed by atoms with Gasteiger partial charge in [0.25, 0.3) is 11.9 Å². The van der Waals surface area contributed by atoms with Gasteiger partial charge >= 0.3 is 0 Å². The lowest BCUT2D eigenvalue weighted by Crippen LogP contribution is -2.34. The number of rotatable bonds is 1. The number of aliphatic imine (C=N–C) groups is 1. The lowest BCUT2D eigenvalue weighted by molar-refractivity contribution is 0.0963. The Morgan fingerprint density at radius 1 is 1.33 bits per heavy atom. The van der Waals surface area contributed by atoms with E-state index in [1.165, 1.54) is 0 Å². The van der Waals surface area contributed by atoms with Gasteiger partial charge in [0.1, 0.15) is 0 Å².